The highest BCUT2D eigenvalue weighted by atomic mass is 19.1. The lowest BCUT2D eigenvalue weighted by atomic mass is 9.96. The SMILES string of the molecule is C#Cc1c(F)ccc2cccc(-c3ncc4c(OC5CCN(C(=O)C=C)C5C)nc(OC)nc4c3F)c12. The standard InChI is InChI=1S/C28H22F2N4O3/c1-5-17-20(29)11-10-16-8-7-9-18(23(16)17)25-24(30)26-19(14-31-25)27(33-28(32-26)36-4)37-21-12-13-34(15(21)3)22(35)6-2/h1,6-11,14-15,21H,2,12-13H2,3-4H3. The van der Waals surface area contributed by atoms with Crippen molar-refractivity contribution in [2.45, 2.75) is 25.5 Å². The molecule has 5 rings (SSSR count). The van der Waals surface area contributed by atoms with Crippen LogP contribution in [-0.4, -0.2) is 51.6 Å². The first-order chi connectivity index (χ1) is 17.9. The van der Waals surface area contributed by atoms with Gasteiger partial charge in [0.1, 0.15) is 23.1 Å². The highest BCUT2D eigenvalue weighted by Crippen LogP contribution is 2.37. The number of benzene rings is 2. The van der Waals surface area contributed by atoms with E-state index in [4.69, 9.17) is 15.9 Å². The molecule has 9 heteroatoms. The van der Waals surface area contributed by atoms with E-state index in [0.717, 1.165) is 0 Å². The van der Waals surface area contributed by atoms with E-state index in [-0.39, 0.29) is 46.0 Å². The van der Waals surface area contributed by atoms with Crippen LogP contribution in [0.15, 0.2) is 49.2 Å². The van der Waals surface area contributed by atoms with Crippen LogP contribution in [0.25, 0.3) is 32.9 Å². The summed E-state index contributed by atoms with van der Waals surface area (Å²) in [7, 11) is 1.36. The molecule has 2 aromatic heterocycles. The highest BCUT2D eigenvalue weighted by molar-refractivity contribution is 6.01. The summed E-state index contributed by atoms with van der Waals surface area (Å²) in [6.45, 7) is 5.89. The van der Waals surface area contributed by atoms with Gasteiger partial charge in [-0.2, -0.15) is 9.97 Å². The van der Waals surface area contributed by atoms with E-state index >= 15 is 4.39 Å². The monoisotopic (exact) mass is 500 g/mol. The number of terminal acetylenes is 1. The lowest BCUT2D eigenvalue weighted by molar-refractivity contribution is -0.127. The van der Waals surface area contributed by atoms with Crippen LogP contribution < -0.4 is 9.47 Å². The molecule has 1 amide bonds. The molecule has 1 saturated heterocycles. The largest absolute Gasteiger partial charge is 0.471 e. The maximum Gasteiger partial charge on any atom is 0.320 e. The second-order valence-corrected chi connectivity index (χ2v) is 8.59. The van der Waals surface area contributed by atoms with Crippen molar-refractivity contribution in [2.24, 2.45) is 0 Å². The molecule has 2 aromatic carbocycles. The molecule has 0 bridgehead atoms. The number of likely N-dealkylation sites (tertiary alicyclic amines) is 1. The zero-order chi connectivity index (χ0) is 26.3. The Kier molecular flexibility index (Phi) is 6.17. The third-order valence-corrected chi connectivity index (χ3v) is 6.61. The highest BCUT2D eigenvalue weighted by Gasteiger charge is 2.35. The number of ether oxygens (including phenoxy) is 2. The molecule has 0 saturated carbocycles. The number of fused-ring (bicyclic) bond motifs is 2. The van der Waals surface area contributed by atoms with Crippen LogP contribution in [0.5, 0.6) is 11.9 Å². The van der Waals surface area contributed by atoms with E-state index in [0.29, 0.717) is 29.3 Å². The maximum atomic E-state index is 16.0. The quantitative estimate of drug-likeness (QED) is 0.293. The molecule has 1 aliphatic rings. The molecule has 4 aromatic rings. The number of amides is 1. The summed E-state index contributed by atoms with van der Waals surface area (Å²) in [5.41, 5.74) is 0.219. The van der Waals surface area contributed by atoms with Crippen LogP contribution in [0.4, 0.5) is 8.78 Å². The van der Waals surface area contributed by atoms with Crippen LogP contribution in [0.2, 0.25) is 0 Å². The van der Waals surface area contributed by atoms with Crippen LogP contribution in [0.3, 0.4) is 0 Å². The Labute approximate surface area is 211 Å². The molecule has 1 aliphatic heterocycles. The van der Waals surface area contributed by atoms with Crippen molar-refractivity contribution < 1.29 is 23.0 Å². The van der Waals surface area contributed by atoms with Crippen molar-refractivity contribution in [3.63, 3.8) is 0 Å². The van der Waals surface area contributed by atoms with E-state index in [1.807, 2.05) is 6.92 Å². The number of hydrogen-bond acceptors (Lipinski definition) is 6. The Morgan fingerprint density at radius 3 is 2.81 bits per heavy atom. The molecule has 0 radical (unpaired) electrons. The number of halogens is 2. The van der Waals surface area contributed by atoms with Gasteiger partial charge in [0.05, 0.1) is 24.1 Å². The van der Waals surface area contributed by atoms with Crippen molar-refractivity contribution in [1.82, 2.24) is 19.9 Å². The fourth-order valence-corrected chi connectivity index (χ4v) is 4.71. The molecule has 7 nitrogen and oxygen atoms in total. The summed E-state index contributed by atoms with van der Waals surface area (Å²) < 4.78 is 41.9. The zero-order valence-electron chi connectivity index (χ0n) is 20.2. The Hall–Kier alpha value is -4.58. The molecule has 2 unspecified atom stereocenters. The number of aromatic nitrogens is 3. The van der Waals surface area contributed by atoms with Crippen LogP contribution in [0, 0.1) is 24.0 Å². The van der Waals surface area contributed by atoms with Gasteiger partial charge in [0, 0.05) is 30.1 Å². The van der Waals surface area contributed by atoms with Gasteiger partial charge in [0.25, 0.3) is 0 Å². The number of carbonyl (C=O) groups excluding carboxylic acids is 1. The van der Waals surface area contributed by atoms with Crippen LogP contribution in [-0.2, 0) is 4.79 Å². The topological polar surface area (TPSA) is 77.4 Å². The van der Waals surface area contributed by atoms with E-state index in [1.165, 1.54) is 25.4 Å². The molecule has 0 N–H and O–H groups in total. The van der Waals surface area contributed by atoms with Gasteiger partial charge in [-0.05, 0) is 24.5 Å². The number of rotatable bonds is 5. The average Bonchev–Trinajstić information content (AvgIpc) is 3.28. The van der Waals surface area contributed by atoms with Crippen molar-refractivity contribution in [2.75, 3.05) is 13.7 Å². The summed E-state index contributed by atoms with van der Waals surface area (Å²) in [6.07, 6.45) is 8.41. The smallest absolute Gasteiger partial charge is 0.320 e. The maximum absolute atomic E-state index is 16.0. The third kappa shape index (κ3) is 4.00. The van der Waals surface area contributed by atoms with Crippen LogP contribution in [0.1, 0.15) is 18.9 Å². The second kappa shape index (κ2) is 9.47. The van der Waals surface area contributed by atoms with Crippen LogP contribution >= 0.6 is 0 Å². The summed E-state index contributed by atoms with van der Waals surface area (Å²) in [6, 6.07) is 7.60. The first kappa shape index (κ1) is 24.1. The number of hydrogen-bond donors (Lipinski definition) is 0. The molecule has 3 heterocycles. The Bertz CT molecular complexity index is 1620. The summed E-state index contributed by atoms with van der Waals surface area (Å²) in [4.78, 5) is 26.6. The van der Waals surface area contributed by atoms with Crippen molar-refractivity contribution in [1.29, 1.82) is 0 Å². The third-order valence-electron chi connectivity index (χ3n) is 6.61. The number of nitrogens with zero attached hydrogens (tertiary/aromatic N) is 4. The van der Waals surface area contributed by atoms with E-state index in [1.54, 1.807) is 29.2 Å². The van der Waals surface area contributed by atoms with Gasteiger partial charge in [-0.15, -0.1) is 6.42 Å². The summed E-state index contributed by atoms with van der Waals surface area (Å²) in [5, 5.41) is 1.25. The first-order valence-corrected chi connectivity index (χ1v) is 11.6. The molecular formula is C28H22F2N4O3. The van der Waals surface area contributed by atoms with Gasteiger partial charge in [-0.3, -0.25) is 9.78 Å². The number of carbonyl (C=O) groups is 1. The minimum absolute atomic E-state index is 0.0209. The fraction of sp³-hybridized carbons (Fsp3) is 0.214. The van der Waals surface area contributed by atoms with Gasteiger partial charge in [-0.1, -0.05) is 36.8 Å². The van der Waals surface area contributed by atoms with Gasteiger partial charge >= 0.3 is 6.01 Å². The van der Waals surface area contributed by atoms with Crippen molar-refractivity contribution >= 4 is 27.6 Å². The van der Waals surface area contributed by atoms with E-state index in [2.05, 4.69) is 27.5 Å². The molecule has 0 spiro atoms. The fourth-order valence-electron chi connectivity index (χ4n) is 4.71. The van der Waals surface area contributed by atoms with Gasteiger partial charge in [-0.25, -0.2) is 8.78 Å². The molecule has 37 heavy (non-hydrogen) atoms. The molecular weight excluding hydrogens is 478 g/mol. The zero-order valence-corrected chi connectivity index (χ0v) is 20.2. The van der Waals surface area contributed by atoms with Crippen molar-refractivity contribution in [3.8, 4) is 35.5 Å². The molecule has 186 valence electrons. The minimum atomic E-state index is -0.759. The lowest BCUT2D eigenvalue weighted by Crippen LogP contribution is -2.38. The van der Waals surface area contributed by atoms with Crippen molar-refractivity contribution in [3.05, 3.63) is 66.4 Å². The summed E-state index contributed by atoms with van der Waals surface area (Å²) >= 11 is 0. The first-order valence-electron chi connectivity index (χ1n) is 11.6. The predicted octanol–water partition coefficient (Wildman–Crippen LogP) is 4.67. The second-order valence-electron chi connectivity index (χ2n) is 8.59. The molecule has 0 aliphatic carbocycles. The Morgan fingerprint density at radius 1 is 1.27 bits per heavy atom. The Morgan fingerprint density at radius 2 is 2.08 bits per heavy atom. The normalized spacial score (nSPS) is 17.1. The lowest BCUT2D eigenvalue weighted by Gasteiger charge is -2.24. The number of methoxy groups -OCH3 is 1. The van der Waals surface area contributed by atoms with Gasteiger partial charge in [0.2, 0.25) is 11.8 Å². The van der Waals surface area contributed by atoms with Gasteiger partial charge in [0.15, 0.2) is 5.82 Å². The van der Waals surface area contributed by atoms with Gasteiger partial charge < -0.3 is 14.4 Å². The molecule has 2 atom stereocenters. The van der Waals surface area contributed by atoms with E-state index in [9.17, 15) is 9.18 Å². The predicted molar refractivity (Wildman–Crippen MR) is 135 cm³/mol. The summed E-state index contributed by atoms with van der Waals surface area (Å²) in [5.74, 6) is 0.910. The average molecular weight is 501 g/mol. The van der Waals surface area contributed by atoms with E-state index < -0.39 is 17.7 Å². The Balaban J connectivity index is 1.64. The molecule has 1 fully saturated rings. The number of pyridine rings is 1. The minimum Gasteiger partial charge on any atom is -0.471 e.